The number of carbonyl (C=O) groups is 1. The first-order chi connectivity index (χ1) is 7.59. The zero-order chi connectivity index (χ0) is 12.0. The molecule has 6 heteroatoms. The Balaban J connectivity index is 2.18. The quantitative estimate of drug-likeness (QED) is 0.758. The van der Waals surface area contributed by atoms with Crippen LogP contribution in [0.25, 0.3) is 0 Å². The molecule has 0 fully saturated rings. The fourth-order valence-electron chi connectivity index (χ4n) is 1.08. The van der Waals surface area contributed by atoms with Crippen LogP contribution in [0.1, 0.15) is 20.3 Å². The van der Waals surface area contributed by atoms with Gasteiger partial charge in [-0.3, -0.25) is 4.79 Å². The molecule has 90 valence electrons. The van der Waals surface area contributed by atoms with Gasteiger partial charge in [0.25, 0.3) is 0 Å². The minimum Gasteiger partial charge on any atom is -0.355 e. The SMILES string of the molecule is CC(C)CCNC(=O)CSc1nncn1C. The normalized spacial score (nSPS) is 10.8. The summed E-state index contributed by atoms with van der Waals surface area (Å²) in [6.45, 7) is 5.02. The first-order valence-electron chi connectivity index (χ1n) is 5.33. The minimum atomic E-state index is 0.0497. The molecule has 0 aliphatic rings. The molecule has 0 radical (unpaired) electrons. The molecule has 0 saturated carbocycles. The average Bonchev–Trinajstić information content (AvgIpc) is 2.60. The molecule has 0 saturated heterocycles. The number of hydrogen-bond donors (Lipinski definition) is 1. The monoisotopic (exact) mass is 242 g/mol. The van der Waals surface area contributed by atoms with Gasteiger partial charge in [-0.1, -0.05) is 25.6 Å². The van der Waals surface area contributed by atoms with Gasteiger partial charge in [0.05, 0.1) is 5.75 Å². The molecule has 1 aromatic rings. The Morgan fingerprint density at radius 3 is 2.94 bits per heavy atom. The van der Waals surface area contributed by atoms with E-state index in [1.807, 2.05) is 7.05 Å². The maximum Gasteiger partial charge on any atom is 0.230 e. The van der Waals surface area contributed by atoms with Crippen molar-refractivity contribution in [2.45, 2.75) is 25.4 Å². The van der Waals surface area contributed by atoms with Gasteiger partial charge in [-0.2, -0.15) is 0 Å². The van der Waals surface area contributed by atoms with Crippen LogP contribution in [0.4, 0.5) is 0 Å². The van der Waals surface area contributed by atoms with Crippen LogP contribution in [0.15, 0.2) is 11.5 Å². The molecule has 1 amide bonds. The second kappa shape index (κ2) is 6.52. The number of amides is 1. The number of nitrogens with zero attached hydrogens (tertiary/aromatic N) is 3. The first-order valence-corrected chi connectivity index (χ1v) is 6.31. The van der Waals surface area contributed by atoms with E-state index in [9.17, 15) is 4.79 Å². The highest BCUT2D eigenvalue weighted by atomic mass is 32.2. The van der Waals surface area contributed by atoms with E-state index in [1.54, 1.807) is 10.9 Å². The number of rotatable bonds is 6. The third-order valence-corrected chi connectivity index (χ3v) is 3.08. The molecule has 1 rings (SSSR count). The van der Waals surface area contributed by atoms with Gasteiger partial charge in [0.15, 0.2) is 5.16 Å². The Labute approximate surface area is 100 Å². The number of carbonyl (C=O) groups excluding carboxylic acids is 1. The lowest BCUT2D eigenvalue weighted by Gasteiger charge is -2.06. The smallest absolute Gasteiger partial charge is 0.230 e. The van der Waals surface area contributed by atoms with Gasteiger partial charge in [-0.05, 0) is 12.3 Å². The van der Waals surface area contributed by atoms with Gasteiger partial charge in [0.2, 0.25) is 5.91 Å². The van der Waals surface area contributed by atoms with E-state index in [2.05, 4.69) is 29.4 Å². The summed E-state index contributed by atoms with van der Waals surface area (Å²) >= 11 is 1.40. The molecule has 0 atom stereocenters. The van der Waals surface area contributed by atoms with E-state index in [1.165, 1.54) is 11.8 Å². The zero-order valence-electron chi connectivity index (χ0n) is 9.93. The van der Waals surface area contributed by atoms with Gasteiger partial charge < -0.3 is 9.88 Å². The summed E-state index contributed by atoms with van der Waals surface area (Å²) in [4.78, 5) is 11.4. The topological polar surface area (TPSA) is 59.8 Å². The van der Waals surface area contributed by atoms with Crippen LogP contribution < -0.4 is 5.32 Å². The summed E-state index contributed by atoms with van der Waals surface area (Å²) in [6.07, 6.45) is 2.64. The molecule has 5 nitrogen and oxygen atoms in total. The van der Waals surface area contributed by atoms with Gasteiger partial charge >= 0.3 is 0 Å². The molecule has 1 aromatic heterocycles. The van der Waals surface area contributed by atoms with Crippen LogP contribution in [-0.4, -0.2) is 33.0 Å². The lowest BCUT2D eigenvalue weighted by molar-refractivity contribution is -0.118. The van der Waals surface area contributed by atoms with Crippen molar-refractivity contribution < 1.29 is 4.79 Å². The van der Waals surface area contributed by atoms with Crippen LogP contribution in [0.3, 0.4) is 0 Å². The van der Waals surface area contributed by atoms with Crippen molar-refractivity contribution in [3.8, 4) is 0 Å². The van der Waals surface area contributed by atoms with Crippen molar-refractivity contribution in [1.82, 2.24) is 20.1 Å². The molecule has 0 unspecified atom stereocenters. The number of hydrogen-bond acceptors (Lipinski definition) is 4. The number of aromatic nitrogens is 3. The molecule has 0 aliphatic carbocycles. The third kappa shape index (κ3) is 4.65. The standard InChI is InChI=1S/C10H18N4OS/c1-8(2)4-5-11-9(15)6-16-10-13-12-7-14(10)3/h7-8H,4-6H2,1-3H3,(H,11,15). The van der Waals surface area contributed by atoms with Gasteiger partial charge in [0.1, 0.15) is 6.33 Å². The second-order valence-electron chi connectivity index (χ2n) is 4.05. The summed E-state index contributed by atoms with van der Waals surface area (Å²) in [5, 5.41) is 11.3. The number of nitrogens with one attached hydrogen (secondary N) is 1. The van der Waals surface area contributed by atoms with Gasteiger partial charge in [-0.15, -0.1) is 10.2 Å². The van der Waals surface area contributed by atoms with Crippen LogP contribution in [0, 0.1) is 5.92 Å². The molecule has 1 heterocycles. The summed E-state index contributed by atoms with van der Waals surface area (Å²) in [5.41, 5.74) is 0. The second-order valence-corrected chi connectivity index (χ2v) is 4.99. The number of aryl methyl sites for hydroxylation is 1. The van der Waals surface area contributed by atoms with Crippen molar-refractivity contribution >= 4 is 17.7 Å². The molecule has 16 heavy (non-hydrogen) atoms. The van der Waals surface area contributed by atoms with E-state index in [4.69, 9.17) is 0 Å². The molecule has 0 bridgehead atoms. The lowest BCUT2D eigenvalue weighted by atomic mass is 10.1. The Morgan fingerprint density at radius 1 is 1.62 bits per heavy atom. The molecule has 0 aliphatic heterocycles. The first kappa shape index (κ1) is 13.0. The summed E-state index contributed by atoms with van der Waals surface area (Å²) < 4.78 is 1.80. The van der Waals surface area contributed by atoms with Crippen molar-refractivity contribution in [3.05, 3.63) is 6.33 Å². The van der Waals surface area contributed by atoms with E-state index in [0.717, 1.165) is 18.1 Å². The molecule has 0 aromatic carbocycles. The summed E-state index contributed by atoms with van der Waals surface area (Å²) in [6, 6.07) is 0. The molecular weight excluding hydrogens is 224 g/mol. The van der Waals surface area contributed by atoms with E-state index >= 15 is 0 Å². The molecule has 1 N–H and O–H groups in total. The van der Waals surface area contributed by atoms with Crippen LogP contribution in [0.5, 0.6) is 0 Å². The Bertz CT molecular complexity index is 337. The minimum absolute atomic E-state index is 0.0497. The van der Waals surface area contributed by atoms with Gasteiger partial charge in [0, 0.05) is 13.6 Å². The van der Waals surface area contributed by atoms with Crippen LogP contribution in [-0.2, 0) is 11.8 Å². The summed E-state index contributed by atoms with van der Waals surface area (Å²) in [5.74, 6) is 1.06. The highest BCUT2D eigenvalue weighted by Gasteiger charge is 2.06. The molecular formula is C10H18N4OS. The van der Waals surface area contributed by atoms with Crippen LogP contribution in [0.2, 0.25) is 0 Å². The highest BCUT2D eigenvalue weighted by Crippen LogP contribution is 2.12. The zero-order valence-corrected chi connectivity index (χ0v) is 10.8. The Kier molecular flexibility index (Phi) is 5.31. The largest absolute Gasteiger partial charge is 0.355 e. The Hall–Kier alpha value is -1.04. The highest BCUT2D eigenvalue weighted by molar-refractivity contribution is 7.99. The number of thioether (sulfide) groups is 1. The molecule has 0 spiro atoms. The summed E-state index contributed by atoms with van der Waals surface area (Å²) in [7, 11) is 1.86. The van der Waals surface area contributed by atoms with Crippen molar-refractivity contribution in [3.63, 3.8) is 0 Å². The van der Waals surface area contributed by atoms with E-state index < -0.39 is 0 Å². The van der Waals surface area contributed by atoms with Gasteiger partial charge in [-0.25, -0.2) is 0 Å². The van der Waals surface area contributed by atoms with E-state index in [0.29, 0.717) is 11.7 Å². The fourth-order valence-corrected chi connectivity index (χ4v) is 1.80. The average molecular weight is 242 g/mol. The predicted octanol–water partition coefficient (Wildman–Crippen LogP) is 1.07. The van der Waals surface area contributed by atoms with Crippen molar-refractivity contribution in [2.24, 2.45) is 13.0 Å². The van der Waals surface area contributed by atoms with Crippen molar-refractivity contribution in [1.29, 1.82) is 0 Å². The Morgan fingerprint density at radius 2 is 2.38 bits per heavy atom. The maximum atomic E-state index is 11.4. The van der Waals surface area contributed by atoms with Crippen molar-refractivity contribution in [2.75, 3.05) is 12.3 Å². The predicted molar refractivity (Wildman–Crippen MR) is 64.2 cm³/mol. The van der Waals surface area contributed by atoms with E-state index in [-0.39, 0.29) is 5.91 Å². The van der Waals surface area contributed by atoms with Crippen LogP contribution >= 0.6 is 11.8 Å². The maximum absolute atomic E-state index is 11.4. The third-order valence-electron chi connectivity index (χ3n) is 2.05. The fraction of sp³-hybridized carbons (Fsp3) is 0.700. The lowest BCUT2D eigenvalue weighted by Crippen LogP contribution is -2.27.